The molecule has 0 radical (unpaired) electrons. The van der Waals surface area contributed by atoms with E-state index in [4.69, 9.17) is 0 Å². The van der Waals surface area contributed by atoms with E-state index in [2.05, 4.69) is 52.1 Å². The lowest BCUT2D eigenvalue weighted by Crippen LogP contribution is -2.44. The van der Waals surface area contributed by atoms with E-state index in [-0.39, 0.29) is 0 Å². The molecule has 0 fully saturated rings. The van der Waals surface area contributed by atoms with Crippen LogP contribution in [-0.4, -0.2) is 20.1 Å². The molecule has 1 heteroatoms. The number of rotatable bonds is 3. The summed E-state index contributed by atoms with van der Waals surface area (Å²) in [7, 11) is 2.29. The van der Waals surface area contributed by atoms with Gasteiger partial charge in [0.1, 0.15) is 5.69 Å². The molecule has 0 unspecified atom stereocenters. The third kappa shape index (κ3) is 2.10. The van der Waals surface area contributed by atoms with Crippen molar-refractivity contribution in [3.05, 3.63) is 29.8 Å². The zero-order valence-corrected chi connectivity index (χ0v) is 9.17. The van der Waals surface area contributed by atoms with Gasteiger partial charge >= 0.3 is 0 Å². The highest BCUT2D eigenvalue weighted by atomic mass is 15.3. The van der Waals surface area contributed by atoms with Crippen LogP contribution < -0.4 is 4.48 Å². The Bertz CT molecular complexity index is 274. The van der Waals surface area contributed by atoms with Crippen LogP contribution in [0.2, 0.25) is 0 Å². The van der Waals surface area contributed by atoms with E-state index in [1.165, 1.54) is 11.3 Å². The molecule has 0 saturated heterocycles. The second kappa shape index (κ2) is 3.93. The molecule has 0 N–H and O–H groups in total. The highest BCUT2D eigenvalue weighted by Crippen LogP contribution is 2.21. The van der Waals surface area contributed by atoms with Crippen LogP contribution in [-0.2, 0) is 0 Å². The van der Waals surface area contributed by atoms with Crippen molar-refractivity contribution in [1.82, 2.24) is 4.48 Å². The first-order valence-corrected chi connectivity index (χ1v) is 5.04. The minimum atomic E-state index is 1.03. The molecule has 0 amide bonds. The van der Waals surface area contributed by atoms with Gasteiger partial charge in [-0.1, -0.05) is 12.1 Å². The second-order valence-electron chi connectivity index (χ2n) is 3.87. The lowest BCUT2D eigenvalue weighted by molar-refractivity contribution is 0.365. The van der Waals surface area contributed by atoms with Gasteiger partial charge in [-0.3, -0.25) is 4.48 Å². The highest BCUT2D eigenvalue weighted by molar-refractivity contribution is 5.44. The van der Waals surface area contributed by atoms with Gasteiger partial charge in [0.25, 0.3) is 0 Å². The van der Waals surface area contributed by atoms with Crippen molar-refractivity contribution >= 4 is 5.69 Å². The summed E-state index contributed by atoms with van der Waals surface area (Å²) in [6.07, 6.45) is 0. The van der Waals surface area contributed by atoms with Crippen molar-refractivity contribution < 1.29 is 0 Å². The highest BCUT2D eigenvalue weighted by Gasteiger charge is 2.19. The molecule has 1 aromatic carbocycles. The van der Waals surface area contributed by atoms with E-state index in [1.807, 2.05) is 0 Å². The van der Waals surface area contributed by atoms with Gasteiger partial charge in [-0.15, -0.1) is 0 Å². The Morgan fingerprint density at radius 3 is 2.23 bits per heavy atom. The molecule has 1 aromatic rings. The van der Waals surface area contributed by atoms with Gasteiger partial charge < -0.3 is 0 Å². The number of hydrogen-bond acceptors (Lipinski definition) is 0. The van der Waals surface area contributed by atoms with Crippen LogP contribution in [0.25, 0.3) is 0 Å². The van der Waals surface area contributed by atoms with Crippen LogP contribution in [0.4, 0.5) is 5.69 Å². The summed E-state index contributed by atoms with van der Waals surface area (Å²) in [5.74, 6) is 0. The van der Waals surface area contributed by atoms with Crippen molar-refractivity contribution in [2.75, 3.05) is 20.1 Å². The predicted molar refractivity (Wildman–Crippen MR) is 60.0 cm³/mol. The Hall–Kier alpha value is -0.820. The number of aryl methyl sites for hydroxylation is 1. The lowest BCUT2D eigenvalue weighted by Gasteiger charge is -2.31. The fourth-order valence-electron chi connectivity index (χ4n) is 1.55. The summed E-state index contributed by atoms with van der Waals surface area (Å²) in [6, 6.07) is 8.80. The SMILES string of the molecule is CC[N+](C)(CC)c1cccc(C)c1. The maximum atomic E-state index is 2.29. The fourth-order valence-corrected chi connectivity index (χ4v) is 1.55. The standard InChI is InChI=1S/C12H20N/c1-5-13(4,6-2)12-9-7-8-11(3)10-12/h7-10H,5-6H2,1-4H3/q+1. The summed E-state index contributed by atoms with van der Waals surface area (Å²) >= 11 is 0. The van der Waals surface area contributed by atoms with Crippen LogP contribution in [0.15, 0.2) is 24.3 Å². The second-order valence-corrected chi connectivity index (χ2v) is 3.87. The Morgan fingerprint density at radius 1 is 1.15 bits per heavy atom. The van der Waals surface area contributed by atoms with E-state index in [9.17, 15) is 0 Å². The third-order valence-electron chi connectivity index (χ3n) is 3.02. The van der Waals surface area contributed by atoms with Gasteiger partial charge in [0.15, 0.2) is 0 Å². The monoisotopic (exact) mass is 178 g/mol. The average molecular weight is 178 g/mol. The van der Waals surface area contributed by atoms with E-state index in [0.29, 0.717) is 0 Å². The molecular formula is C12H20N+. The summed E-state index contributed by atoms with van der Waals surface area (Å²) in [5, 5.41) is 0. The predicted octanol–water partition coefficient (Wildman–Crippen LogP) is 2.97. The first-order chi connectivity index (χ1) is 6.12. The minimum absolute atomic E-state index is 1.03. The Kier molecular flexibility index (Phi) is 3.10. The number of nitrogens with zero attached hydrogens (tertiary/aromatic N) is 1. The van der Waals surface area contributed by atoms with Gasteiger partial charge in [-0.2, -0.15) is 0 Å². The number of benzene rings is 1. The molecule has 0 heterocycles. The summed E-state index contributed by atoms with van der Waals surface area (Å²) in [4.78, 5) is 0. The Balaban J connectivity index is 3.05. The van der Waals surface area contributed by atoms with Crippen LogP contribution >= 0.6 is 0 Å². The molecule has 0 bridgehead atoms. The van der Waals surface area contributed by atoms with Crippen molar-refractivity contribution in [3.8, 4) is 0 Å². The smallest absolute Gasteiger partial charge is 0.132 e. The van der Waals surface area contributed by atoms with Crippen molar-refractivity contribution in [2.24, 2.45) is 0 Å². The maximum absolute atomic E-state index is 2.29. The fraction of sp³-hybridized carbons (Fsp3) is 0.500. The molecule has 0 atom stereocenters. The van der Waals surface area contributed by atoms with E-state index in [0.717, 1.165) is 17.6 Å². The molecule has 0 aliphatic carbocycles. The topological polar surface area (TPSA) is 0 Å². The van der Waals surface area contributed by atoms with Crippen molar-refractivity contribution in [1.29, 1.82) is 0 Å². The summed E-state index contributed by atoms with van der Waals surface area (Å²) < 4.78 is 1.03. The van der Waals surface area contributed by atoms with E-state index in [1.54, 1.807) is 0 Å². The molecule has 13 heavy (non-hydrogen) atoms. The average Bonchev–Trinajstić information content (AvgIpc) is 2.17. The first kappa shape index (κ1) is 10.3. The quantitative estimate of drug-likeness (QED) is 0.624. The molecule has 0 aliphatic heterocycles. The van der Waals surface area contributed by atoms with Gasteiger partial charge in [-0.05, 0) is 32.4 Å². The van der Waals surface area contributed by atoms with Gasteiger partial charge in [0, 0.05) is 6.07 Å². The summed E-state index contributed by atoms with van der Waals surface area (Å²) in [6.45, 7) is 8.94. The van der Waals surface area contributed by atoms with Gasteiger partial charge in [-0.25, -0.2) is 0 Å². The molecule has 1 rings (SSSR count). The third-order valence-corrected chi connectivity index (χ3v) is 3.02. The number of quaternary nitrogens is 1. The maximum Gasteiger partial charge on any atom is 0.132 e. The van der Waals surface area contributed by atoms with E-state index < -0.39 is 0 Å². The molecular weight excluding hydrogens is 158 g/mol. The van der Waals surface area contributed by atoms with Gasteiger partial charge in [0.2, 0.25) is 0 Å². The molecule has 72 valence electrons. The van der Waals surface area contributed by atoms with Gasteiger partial charge in [0.05, 0.1) is 20.1 Å². The normalized spacial score (nSPS) is 11.7. The molecule has 0 saturated carbocycles. The zero-order chi connectivity index (χ0) is 9.90. The molecule has 0 aliphatic rings. The van der Waals surface area contributed by atoms with Crippen molar-refractivity contribution in [2.45, 2.75) is 20.8 Å². The molecule has 1 nitrogen and oxygen atoms in total. The van der Waals surface area contributed by atoms with Crippen molar-refractivity contribution in [3.63, 3.8) is 0 Å². The Labute approximate surface area is 81.6 Å². The minimum Gasteiger partial charge on any atom is -0.294 e. The van der Waals surface area contributed by atoms with Crippen LogP contribution in [0.5, 0.6) is 0 Å². The largest absolute Gasteiger partial charge is 0.294 e. The Morgan fingerprint density at radius 2 is 1.77 bits per heavy atom. The number of hydrogen-bond donors (Lipinski definition) is 0. The zero-order valence-electron chi connectivity index (χ0n) is 9.17. The van der Waals surface area contributed by atoms with Crippen LogP contribution in [0.3, 0.4) is 0 Å². The molecule has 0 aromatic heterocycles. The summed E-state index contributed by atoms with van der Waals surface area (Å²) in [5.41, 5.74) is 2.77. The van der Waals surface area contributed by atoms with Crippen LogP contribution in [0, 0.1) is 6.92 Å². The molecule has 0 spiro atoms. The van der Waals surface area contributed by atoms with Crippen LogP contribution in [0.1, 0.15) is 19.4 Å². The van der Waals surface area contributed by atoms with E-state index >= 15 is 0 Å². The lowest BCUT2D eigenvalue weighted by atomic mass is 10.2. The first-order valence-electron chi connectivity index (χ1n) is 5.04.